The Morgan fingerprint density at radius 2 is 1.73 bits per heavy atom. The average molecular weight is 489 g/mol. The van der Waals surface area contributed by atoms with Gasteiger partial charge in [-0.1, -0.05) is 68.8 Å². The van der Waals surface area contributed by atoms with E-state index in [9.17, 15) is 5.11 Å². The van der Waals surface area contributed by atoms with Crippen LogP contribution in [0.4, 0.5) is 0 Å². The van der Waals surface area contributed by atoms with Crippen LogP contribution in [0.5, 0.6) is 5.75 Å². The zero-order chi connectivity index (χ0) is 25.3. The van der Waals surface area contributed by atoms with Gasteiger partial charge in [-0.15, -0.1) is 0 Å². The molecule has 4 unspecified atom stereocenters. The van der Waals surface area contributed by atoms with Gasteiger partial charge in [0.1, 0.15) is 5.75 Å². The van der Waals surface area contributed by atoms with Gasteiger partial charge in [0.2, 0.25) is 0 Å². The van der Waals surface area contributed by atoms with E-state index in [0.717, 1.165) is 35.8 Å². The Hall–Kier alpha value is -2.80. The molecule has 1 heteroatoms. The van der Waals surface area contributed by atoms with E-state index in [1.165, 1.54) is 83.7 Å². The first kappa shape index (κ1) is 23.3. The number of allylic oxidation sites excluding steroid dienone is 1. The zero-order valence-corrected chi connectivity index (χ0v) is 22.6. The second-order valence-electron chi connectivity index (χ2n) is 12.6. The maximum Gasteiger partial charge on any atom is 0.124 e. The molecular formula is C36H40O. The van der Waals surface area contributed by atoms with E-state index in [0.29, 0.717) is 17.1 Å². The van der Waals surface area contributed by atoms with E-state index in [4.69, 9.17) is 0 Å². The molecule has 0 aliphatic heterocycles. The first-order valence-electron chi connectivity index (χ1n) is 14.8. The van der Waals surface area contributed by atoms with Crippen molar-refractivity contribution in [3.05, 3.63) is 87.3 Å². The minimum atomic E-state index is 0.361. The van der Waals surface area contributed by atoms with Gasteiger partial charge in [-0.25, -0.2) is 0 Å². The monoisotopic (exact) mass is 488 g/mol. The Kier molecular flexibility index (Phi) is 5.43. The second-order valence-corrected chi connectivity index (χ2v) is 12.6. The molecule has 0 heterocycles. The van der Waals surface area contributed by atoms with E-state index in [1.807, 2.05) is 12.1 Å². The Morgan fingerprint density at radius 1 is 0.892 bits per heavy atom. The van der Waals surface area contributed by atoms with E-state index in [2.05, 4.69) is 56.8 Å². The lowest BCUT2D eigenvalue weighted by molar-refractivity contribution is 0.252. The van der Waals surface area contributed by atoms with Gasteiger partial charge in [0.05, 0.1) is 0 Å². The molecule has 0 spiro atoms. The third-order valence-electron chi connectivity index (χ3n) is 11.0. The fraction of sp³-hybridized carbons (Fsp3) is 0.444. The van der Waals surface area contributed by atoms with Gasteiger partial charge in [0, 0.05) is 5.56 Å². The van der Waals surface area contributed by atoms with Gasteiger partial charge in [-0.05, 0) is 137 Å². The molecule has 0 saturated heterocycles. The Balaban J connectivity index is 1.48. The summed E-state index contributed by atoms with van der Waals surface area (Å²) in [5.74, 6) is 2.65. The number of hydrogen-bond donors (Lipinski definition) is 1. The van der Waals surface area contributed by atoms with Crippen LogP contribution in [0.3, 0.4) is 0 Å². The summed E-state index contributed by atoms with van der Waals surface area (Å²) in [6.07, 6.45) is 17.3. The highest BCUT2D eigenvalue weighted by Crippen LogP contribution is 2.55. The van der Waals surface area contributed by atoms with Crippen LogP contribution in [0.1, 0.15) is 105 Å². The van der Waals surface area contributed by atoms with Crippen molar-refractivity contribution in [1.82, 2.24) is 0 Å². The van der Waals surface area contributed by atoms with Crippen LogP contribution in [0.25, 0.3) is 22.4 Å². The van der Waals surface area contributed by atoms with E-state index in [-0.39, 0.29) is 0 Å². The third-order valence-corrected chi connectivity index (χ3v) is 11.0. The van der Waals surface area contributed by atoms with E-state index >= 15 is 0 Å². The molecule has 4 atom stereocenters. The van der Waals surface area contributed by atoms with E-state index in [1.54, 1.807) is 11.1 Å². The lowest BCUT2D eigenvalue weighted by Crippen LogP contribution is -2.37. The van der Waals surface area contributed by atoms with Crippen molar-refractivity contribution in [2.75, 3.05) is 0 Å². The van der Waals surface area contributed by atoms with Gasteiger partial charge in [0.25, 0.3) is 0 Å². The molecule has 37 heavy (non-hydrogen) atoms. The maximum absolute atomic E-state index is 11.3. The number of aromatic hydroxyl groups is 1. The predicted octanol–water partition coefficient (Wildman–Crippen LogP) is 7.78. The zero-order valence-electron chi connectivity index (χ0n) is 22.6. The van der Waals surface area contributed by atoms with Crippen molar-refractivity contribution < 1.29 is 5.11 Å². The molecule has 0 bridgehead atoms. The number of phenols is 1. The van der Waals surface area contributed by atoms with Crippen molar-refractivity contribution >= 4 is 22.4 Å². The number of phenolic OH excluding ortho intramolecular Hbond substituents is 1. The summed E-state index contributed by atoms with van der Waals surface area (Å²) in [4.78, 5) is 0. The Labute approximate surface area is 221 Å². The lowest BCUT2D eigenvalue weighted by atomic mass is 9.66. The minimum absolute atomic E-state index is 0.361. The van der Waals surface area contributed by atoms with Crippen molar-refractivity contribution in [3.8, 4) is 5.75 Å². The van der Waals surface area contributed by atoms with Gasteiger partial charge in [0.15, 0.2) is 0 Å². The SMILES string of the molecule is C=C/C(c1c(O)ccc2c3c(ccc12)C1CCCC1CC3)=c1/ccc2c(/c1=C/C)CCC1(C)CCCC21. The highest BCUT2D eigenvalue weighted by molar-refractivity contribution is 6.00. The van der Waals surface area contributed by atoms with Gasteiger partial charge in [-0.2, -0.15) is 0 Å². The van der Waals surface area contributed by atoms with Gasteiger partial charge >= 0.3 is 0 Å². The summed E-state index contributed by atoms with van der Waals surface area (Å²) in [7, 11) is 0. The molecule has 0 aromatic heterocycles. The summed E-state index contributed by atoms with van der Waals surface area (Å²) in [5.41, 5.74) is 8.70. The summed E-state index contributed by atoms with van der Waals surface area (Å²) in [6.45, 7) is 8.98. The normalized spacial score (nSPS) is 29.5. The van der Waals surface area contributed by atoms with Crippen LogP contribution >= 0.6 is 0 Å². The first-order chi connectivity index (χ1) is 18.0. The van der Waals surface area contributed by atoms with Crippen LogP contribution in [0.2, 0.25) is 0 Å². The molecule has 4 aliphatic carbocycles. The molecule has 1 nitrogen and oxygen atoms in total. The van der Waals surface area contributed by atoms with Crippen LogP contribution in [0, 0.1) is 11.3 Å². The van der Waals surface area contributed by atoms with Gasteiger partial charge in [-0.3, -0.25) is 0 Å². The number of aryl methyl sites for hydroxylation is 1. The molecule has 0 radical (unpaired) electrons. The molecule has 3 aromatic rings. The van der Waals surface area contributed by atoms with Crippen molar-refractivity contribution in [2.45, 2.75) is 89.9 Å². The Morgan fingerprint density at radius 3 is 2.57 bits per heavy atom. The van der Waals surface area contributed by atoms with Crippen LogP contribution in [-0.2, 0) is 12.8 Å². The number of fused-ring (bicyclic) bond motifs is 8. The Bertz CT molecular complexity index is 1560. The van der Waals surface area contributed by atoms with E-state index < -0.39 is 0 Å². The molecule has 3 aromatic carbocycles. The van der Waals surface area contributed by atoms with Crippen LogP contribution in [-0.4, -0.2) is 5.11 Å². The lowest BCUT2D eigenvalue weighted by Gasteiger charge is -2.38. The molecule has 2 fully saturated rings. The predicted molar refractivity (Wildman–Crippen MR) is 156 cm³/mol. The van der Waals surface area contributed by atoms with Crippen LogP contribution < -0.4 is 10.4 Å². The molecule has 2 saturated carbocycles. The second kappa shape index (κ2) is 8.62. The van der Waals surface area contributed by atoms with Gasteiger partial charge < -0.3 is 5.11 Å². The quantitative estimate of drug-likeness (QED) is 0.390. The van der Waals surface area contributed by atoms with Crippen molar-refractivity contribution in [1.29, 1.82) is 0 Å². The molecule has 7 rings (SSSR count). The number of benzene rings is 3. The molecular weight excluding hydrogens is 448 g/mol. The first-order valence-corrected chi connectivity index (χ1v) is 14.8. The summed E-state index contributed by atoms with van der Waals surface area (Å²) < 4.78 is 0. The molecule has 0 amide bonds. The fourth-order valence-corrected chi connectivity index (χ4v) is 9.18. The fourth-order valence-electron chi connectivity index (χ4n) is 9.18. The minimum Gasteiger partial charge on any atom is -0.507 e. The topological polar surface area (TPSA) is 20.2 Å². The molecule has 190 valence electrons. The summed E-state index contributed by atoms with van der Waals surface area (Å²) in [6, 6.07) is 13.5. The standard InChI is InChI=1S/C36H40O/c1-4-23-26(13-15-31-30(23)19-21-36(3)20-7-10-33(31)36)24(5-2)35-32-16-14-27-25-9-6-8-22(25)11-12-28(27)29(32)17-18-34(35)37/h4-5,13-18,22,25,33,37H,2,6-12,19-21H2,1,3H3/b23-4+,26-24+. The smallest absolute Gasteiger partial charge is 0.124 e. The highest BCUT2D eigenvalue weighted by Gasteiger charge is 2.43. The average Bonchev–Trinajstić information content (AvgIpc) is 3.56. The van der Waals surface area contributed by atoms with Crippen molar-refractivity contribution in [3.63, 3.8) is 0 Å². The third kappa shape index (κ3) is 3.35. The van der Waals surface area contributed by atoms with Crippen molar-refractivity contribution in [2.24, 2.45) is 11.3 Å². The largest absolute Gasteiger partial charge is 0.507 e. The molecule has 4 aliphatic rings. The van der Waals surface area contributed by atoms with Crippen LogP contribution in [0.15, 0.2) is 49.1 Å². The number of rotatable bonds is 2. The maximum atomic E-state index is 11.3. The number of hydrogen-bond acceptors (Lipinski definition) is 1. The summed E-state index contributed by atoms with van der Waals surface area (Å²) in [5, 5.41) is 16.4. The highest BCUT2D eigenvalue weighted by atomic mass is 16.3. The molecule has 1 N–H and O–H groups in total. The summed E-state index contributed by atoms with van der Waals surface area (Å²) >= 11 is 0.